The molecule has 7 heteroatoms. The molecular formula is C16H14N3O4-. The van der Waals surface area contributed by atoms with Crippen molar-refractivity contribution in [3.63, 3.8) is 0 Å². The molecule has 0 bridgehead atoms. The second-order valence-electron chi connectivity index (χ2n) is 4.93. The highest BCUT2D eigenvalue weighted by Gasteiger charge is 2.15. The number of nitrogens with zero attached hydrogens (tertiary/aromatic N) is 2. The zero-order chi connectivity index (χ0) is 16.6. The minimum absolute atomic E-state index is 0.00419. The van der Waals surface area contributed by atoms with E-state index in [1.807, 2.05) is 0 Å². The molecule has 2 aromatic heterocycles. The van der Waals surface area contributed by atoms with Gasteiger partial charge in [0.05, 0.1) is 31.4 Å². The summed E-state index contributed by atoms with van der Waals surface area (Å²) in [6.07, 6.45) is 0. The van der Waals surface area contributed by atoms with Crippen molar-refractivity contribution in [2.75, 3.05) is 14.2 Å². The number of carboxylic acid groups (broad SMARTS) is 1. The summed E-state index contributed by atoms with van der Waals surface area (Å²) in [5.41, 5.74) is 1.67. The van der Waals surface area contributed by atoms with Crippen LogP contribution < -0.4 is 14.6 Å². The van der Waals surface area contributed by atoms with Gasteiger partial charge in [0, 0.05) is 11.1 Å². The average Bonchev–Trinajstić information content (AvgIpc) is 2.92. The Hall–Kier alpha value is -3.09. The maximum Gasteiger partial charge on any atom is 0.178 e. The monoisotopic (exact) mass is 312 g/mol. The summed E-state index contributed by atoms with van der Waals surface area (Å²) in [7, 11) is 3.08. The molecule has 1 aromatic carbocycles. The Bertz CT molecular complexity index is 902. The molecular weight excluding hydrogens is 298 g/mol. The van der Waals surface area contributed by atoms with Crippen LogP contribution in [0.1, 0.15) is 16.2 Å². The Kier molecular flexibility index (Phi) is 3.61. The maximum absolute atomic E-state index is 11.4. The number of hydrogen-bond donors (Lipinski definition) is 1. The molecule has 0 fully saturated rings. The summed E-state index contributed by atoms with van der Waals surface area (Å²) in [6.45, 7) is 1.73. The van der Waals surface area contributed by atoms with Crippen LogP contribution in [0.5, 0.6) is 11.5 Å². The lowest BCUT2D eigenvalue weighted by molar-refractivity contribution is -0.254. The number of fused-ring (bicyclic) bond motifs is 1. The van der Waals surface area contributed by atoms with E-state index in [0.717, 1.165) is 0 Å². The second kappa shape index (κ2) is 5.60. The molecule has 23 heavy (non-hydrogen) atoms. The van der Waals surface area contributed by atoms with Gasteiger partial charge in [-0.1, -0.05) is 0 Å². The summed E-state index contributed by atoms with van der Waals surface area (Å²) in [4.78, 5) is 23.0. The third-order valence-electron chi connectivity index (χ3n) is 3.48. The number of carbonyl (C=O) groups excluding carboxylic acids is 1. The van der Waals surface area contributed by atoms with Crippen LogP contribution >= 0.6 is 0 Å². The van der Waals surface area contributed by atoms with Gasteiger partial charge in [0.2, 0.25) is 0 Å². The molecule has 0 atom stereocenters. The van der Waals surface area contributed by atoms with Crippen LogP contribution in [-0.2, 0) is 0 Å². The van der Waals surface area contributed by atoms with Gasteiger partial charge in [0.25, 0.3) is 0 Å². The van der Waals surface area contributed by atoms with E-state index in [1.165, 1.54) is 13.2 Å². The van der Waals surface area contributed by atoms with Gasteiger partial charge in [0.1, 0.15) is 17.3 Å². The molecule has 118 valence electrons. The number of H-pyrrole nitrogens is 1. The molecule has 0 radical (unpaired) electrons. The van der Waals surface area contributed by atoms with E-state index in [4.69, 9.17) is 9.47 Å². The molecule has 0 aliphatic heterocycles. The first kappa shape index (κ1) is 14.8. The van der Waals surface area contributed by atoms with Crippen LogP contribution in [0, 0.1) is 6.92 Å². The number of aromatic nitrogens is 3. The summed E-state index contributed by atoms with van der Waals surface area (Å²) in [5, 5.41) is 11.4. The number of carboxylic acids is 1. The fraction of sp³-hybridized carbons (Fsp3) is 0.188. The standard InChI is InChI=1S/C16H15N3O4/c1-8-17-14-11(16(20)21)7-12(19-15(14)18-8)10-6-9(22-2)4-5-13(10)23-3/h4-7H,1-3H3,(H,20,21)(H,17,18,19)/p-1. The molecule has 2 heterocycles. The number of aryl methyl sites for hydroxylation is 1. The van der Waals surface area contributed by atoms with E-state index >= 15 is 0 Å². The van der Waals surface area contributed by atoms with Crippen LogP contribution in [0.25, 0.3) is 22.4 Å². The number of aromatic amines is 1. The van der Waals surface area contributed by atoms with E-state index in [1.54, 1.807) is 32.2 Å². The molecule has 0 spiro atoms. The summed E-state index contributed by atoms with van der Waals surface area (Å²) in [6, 6.07) is 6.64. The number of ether oxygens (including phenoxy) is 2. The van der Waals surface area contributed by atoms with Crippen molar-refractivity contribution in [3.05, 3.63) is 35.7 Å². The van der Waals surface area contributed by atoms with E-state index in [2.05, 4.69) is 15.0 Å². The Morgan fingerprint density at radius 3 is 2.61 bits per heavy atom. The first-order valence-corrected chi connectivity index (χ1v) is 6.84. The van der Waals surface area contributed by atoms with Crippen LogP contribution in [0.2, 0.25) is 0 Å². The highest BCUT2D eigenvalue weighted by atomic mass is 16.5. The Balaban J connectivity index is 2.30. The van der Waals surface area contributed by atoms with Gasteiger partial charge in [-0.3, -0.25) is 0 Å². The average molecular weight is 312 g/mol. The van der Waals surface area contributed by atoms with Gasteiger partial charge in [-0.2, -0.15) is 0 Å². The topological polar surface area (TPSA) is 100 Å². The summed E-state index contributed by atoms with van der Waals surface area (Å²) in [5.74, 6) is 0.430. The molecule has 7 nitrogen and oxygen atoms in total. The first-order chi connectivity index (χ1) is 11.0. The predicted molar refractivity (Wildman–Crippen MR) is 81.5 cm³/mol. The number of methoxy groups -OCH3 is 2. The van der Waals surface area contributed by atoms with Crippen molar-refractivity contribution in [1.82, 2.24) is 15.0 Å². The number of aromatic carboxylic acids is 1. The van der Waals surface area contributed by atoms with E-state index in [-0.39, 0.29) is 5.56 Å². The number of pyridine rings is 1. The minimum Gasteiger partial charge on any atom is -0.545 e. The number of carbonyl (C=O) groups is 1. The summed E-state index contributed by atoms with van der Waals surface area (Å²) < 4.78 is 10.5. The largest absolute Gasteiger partial charge is 0.545 e. The van der Waals surface area contributed by atoms with E-state index < -0.39 is 5.97 Å². The quantitative estimate of drug-likeness (QED) is 0.779. The predicted octanol–water partition coefficient (Wildman–Crippen LogP) is 1.31. The van der Waals surface area contributed by atoms with Gasteiger partial charge in [-0.15, -0.1) is 0 Å². The van der Waals surface area contributed by atoms with Crippen molar-refractivity contribution in [2.45, 2.75) is 6.92 Å². The molecule has 0 saturated carbocycles. The fourth-order valence-electron chi connectivity index (χ4n) is 2.42. The van der Waals surface area contributed by atoms with Gasteiger partial charge >= 0.3 is 0 Å². The number of hydrogen-bond acceptors (Lipinski definition) is 6. The van der Waals surface area contributed by atoms with Crippen LogP contribution in [0.3, 0.4) is 0 Å². The molecule has 0 aliphatic carbocycles. The molecule has 0 saturated heterocycles. The van der Waals surface area contributed by atoms with E-state index in [9.17, 15) is 9.90 Å². The van der Waals surface area contributed by atoms with Gasteiger partial charge in [0.15, 0.2) is 5.65 Å². The smallest absolute Gasteiger partial charge is 0.178 e. The van der Waals surface area contributed by atoms with Gasteiger partial charge < -0.3 is 24.4 Å². The molecule has 3 rings (SSSR count). The Morgan fingerprint density at radius 2 is 1.96 bits per heavy atom. The van der Waals surface area contributed by atoms with Crippen molar-refractivity contribution < 1.29 is 19.4 Å². The Labute approximate surface area is 131 Å². The van der Waals surface area contributed by atoms with Gasteiger partial charge in [-0.25, -0.2) is 9.97 Å². The molecule has 0 aliphatic rings. The maximum atomic E-state index is 11.4. The Morgan fingerprint density at radius 1 is 1.17 bits per heavy atom. The first-order valence-electron chi connectivity index (χ1n) is 6.84. The lowest BCUT2D eigenvalue weighted by atomic mass is 10.1. The SMILES string of the molecule is COc1ccc(OC)c(-c2cc(C(=O)[O-])c3[nH]c(C)nc3n2)c1. The van der Waals surface area contributed by atoms with Crippen molar-refractivity contribution >= 4 is 17.1 Å². The lowest BCUT2D eigenvalue weighted by Gasteiger charge is -2.12. The van der Waals surface area contributed by atoms with Gasteiger partial charge in [-0.05, 0) is 31.2 Å². The highest BCUT2D eigenvalue weighted by molar-refractivity contribution is 6.00. The second-order valence-corrected chi connectivity index (χ2v) is 4.93. The fourth-order valence-corrected chi connectivity index (χ4v) is 2.42. The van der Waals surface area contributed by atoms with Crippen molar-refractivity contribution in [3.8, 4) is 22.8 Å². The van der Waals surface area contributed by atoms with Crippen LogP contribution in [0.15, 0.2) is 24.3 Å². The number of imidazole rings is 1. The summed E-state index contributed by atoms with van der Waals surface area (Å²) >= 11 is 0. The number of benzene rings is 1. The van der Waals surface area contributed by atoms with E-state index in [0.29, 0.717) is 39.7 Å². The number of nitrogens with one attached hydrogen (secondary N) is 1. The molecule has 0 unspecified atom stereocenters. The molecule has 0 amide bonds. The van der Waals surface area contributed by atoms with Crippen LogP contribution in [0.4, 0.5) is 0 Å². The number of rotatable bonds is 4. The third kappa shape index (κ3) is 2.57. The molecule has 3 aromatic rings. The molecule has 1 N–H and O–H groups in total. The van der Waals surface area contributed by atoms with Crippen molar-refractivity contribution in [1.29, 1.82) is 0 Å². The van der Waals surface area contributed by atoms with Crippen LogP contribution in [-0.4, -0.2) is 35.1 Å². The normalized spacial score (nSPS) is 10.7. The zero-order valence-corrected chi connectivity index (χ0v) is 12.8. The van der Waals surface area contributed by atoms with Crippen molar-refractivity contribution in [2.24, 2.45) is 0 Å². The minimum atomic E-state index is -1.30. The lowest BCUT2D eigenvalue weighted by Crippen LogP contribution is -2.22. The third-order valence-corrected chi connectivity index (χ3v) is 3.48. The zero-order valence-electron chi connectivity index (χ0n) is 12.8. The highest BCUT2D eigenvalue weighted by Crippen LogP contribution is 2.33.